The molecule has 0 spiro atoms. The van der Waals surface area contributed by atoms with Crippen molar-refractivity contribution in [3.8, 4) is 11.1 Å². The first kappa shape index (κ1) is 13.1. The smallest absolute Gasteiger partial charge is 0.138 e. The van der Waals surface area contributed by atoms with Gasteiger partial charge in [-0.3, -0.25) is 0 Å². The summed E-state index contributed by atoms with van der Waals surface area (Å²) >= 11 is 0. The summed E-state index contributed by atoms with van der Waals surface area (Å²) in [5.74, 6) is 0. The standard InChI is InChI=1S/C21H18O/c1-13-11-14(2)20-18-10-9-17(16-7-5-4-6-8-16)12-19(18)22-21(20)15(13)3/h4-12H,1-3H3. The summed E-state index contributed by atoms with van der Waals surface area (Å²) in [6, 6.07) is 19.2. The summed E-state index contributed by atoms with van der Waals surface area (Å²) in [7, 11) is 0. The quantitative estimate of drug-likeness (QED) is 0.407. The van der Waals surface area contributed by atoms with Crippen LogP contribution in [0.15, 0.2) is 59.0 Å². The molecule has 22 heavy (non-hydrogen) atoms. The van der Waals surface area contributed by atoms with Crippen LogP contribution in [0, 0.1) is 20.8 Å². The first-order valence-electron chi connectivity index (χ1n) is 7.63. The molecule has 0 aliphatic carbocycles. The lowest BCUT2D eigenvalue weighted by atomic mass is 9.99. The van der Waals surface area contributed by atoms with E-state index in [0.717, 1.165) is 11.2 Å². The lowest BCUT2D eigenvalue weighted by molar-refractivity contribution is 0.665. The van der Waals surface area contributed by atoms with Crippen LogP contribution in [0.4, 0.5) is 0 Å². The third-order valence-electron chi connectivity index (χ3n) is 4.56. The number of furan rings is 1. The van der Waals surface area contributed by atoms with Gasteiger partial charge in [0, 0.05) is 10.8 Å². The largest absolute Gasteiger partial charge is 0.456 e. The van der Waals surface area contributed by atoms with Gasteiger partial charge in [0.2, 0.25) is 0 Å². The van der Waals surface area contributed by atoms with E-state index in [0.29, 0.717) is 0 Å². The molecule has 1 nitrogen and oxygen atoms in total. The molecule has 1 heteroatoms. The molecular weight excluding hydrogens is 268 g/mol. The molecule has 4 aromatic rings. The van der Waals surface area contributed by atoms with E-state index in [9.17, 15) is 0 Å². The summed E-state index contributed by atoms with van der Waals surface area (Å²) < 4.78 is 6.21. The molecule has 1 aromatic heterocycles. The van der Waals surface area contributed by atoms with Crippen molar-refractivity contribution in [1.29, 1.82) is 0 Å². The van der Waals surface area contributed by atoms with Crippen LogP contribution in [0.5, 0.6) is 0 Å². The van der Waals surface area contributed by atoms with Gasteiger partial charge in [0.15, 0.2) is 0 Å². The number of hydrogen-bond donors (Lipinski definition) is 0. The minimum absolute atomic E-state index is 0.966. The molecule has 0 amide bonds. The third-order valence-corrected chi connectivity index (χ3v) is 4.56. The average molecular weight is 286 g/mol. The van der Waals surface area contributed by atoms with Gasteiger partial charge in [-0.05, 0) is 60.7 Å². The van der Waals surface area contributed by atoms with Crippen LogP contribution in [0.25, 0.3) is 33.1 Å². The van der Waals surface area contributed by atoms with Crippen LogP contribution in [-0.2, 0) is 0 Å². The molecule has 108 valence electrons. The van der Waals surface area contributed by atoms with Gasteiger partial charge in [0.25, 0.3) is 0 Å². The van der Waals surface area contributed by atoms with Gasteiger partial charge >= 0.3 is 0 Å². The maximum absolute atomic E-state index is 6.21. The number of fused-ring (bicyclic) bond motifs is 3. The molecule has 0 radical (unpaired) electrons. The van der Waals surface area contributed by atoms with Crippen LogP contribution in [0.3, 0.4) is 0 Å². The van der Waals surface area contributed by atoms with Gasteiger partial charge < -0.3 is 4.42 Å². The molecular formula is C21H18O. The summed E-state index contributed by atoms with van der Waals surface area (Å²) in [4.78, 5) is 0. The molecule has 4 rings (SSSR count). The van der Waals surface area contributed by atoms with Crippen LogP contribution in [0.2, 0.25) is 0 Å². The Labute approximate surface area is 130 Å². The van der Waals surface area contributed by atoms with Crippen molar-refractivity contribution < 1.29 is 4.42 Å². The zero-order valence-electron chi connectivity index (χ0n) is 13.1. The lowest BCUT2D eigenvalue weighted by Gasteiger charge is -2.03. The van der Waals surface area contributed by atoms with Gasteiger partial charge in [-0.25, -0.2) is 0 Å². The first-order chi connectivity index (χ1) is 10.6. The van der Waals surface area contributed by atoms with E-state index < -0.39 is 0 Å². The maximum Gasteiger partial charge on any atom is 0.138 e. The van der Waals surface area contributed by atoms with Crippen molar-refractivity contribution in [2.24, 2.45) is 0 Å². The van der Waals surface area contributed by atoms with E-state index >= 15 is 0 Å². The molecule has 0 aliphatic rings. The third kappa shape index (κ3) is 1.86. The molecule has 0 atom stereocenters. The number of benzene rings is 3. The van der Waals surface area contributed by atoms with Gasteiger partial charge in [0.1, 0.15) is 11.2 Å². The fourth-order valence-electron chi connectivity index (χ4n) is 3.25. The number of hydrogen-bond acceptors (Lipinski definition) is 1. The topological polar surface area (TPSA) is 13.1 Å². The Hall–Kier alpha value is -2.54. The maximum atomic E-state index is 6.21. The van der Waals surface area contributed by atoms with Gasteiger partial charge in [-0.15, -0.1) is 0 Å². The van der Waals surface area contributed by atoms with E-state index in [4.69, 9.17) is 4.42 Å². The minimum Gasteiger partial charge on any atom is -0.456 e. The highest BCUT2D eigenvalue weighted by Gasteiger charge is 2.13. The van der Waals surface area contributed by atoms with Crippen molar-refractivity contribution in [1.82, 2.24) is 0 Å². The molecule has 1 heterocycles. The minimum atomic E-state index is 0.966. The van der Waals surface area contributed by atoms with E-state index in [1.54, 1.807) is 0 Å². The van der Waals surface area contributed by atoms with E-state index in [2.05, 4.69) is 69.3 Å². The summed E-state index contributed by atoms with van der Waals surface area (Å²) in [6.45, 7) is 6.44. The van der Waals surface area contributed by atoms with Gasteiger partial charge in [-0.1, -0.05) is 42.5 Å². The SMILES string of the molecule is Cc1cc(C)c2c(oc3cc(-c4ccccc4)ccc32)c1C. The first-order valence-corrected chi connectivity index (χ1v) is 7.63. The zero-order chi connectivity index (χ0) is 15.3. The lowest BCUT2D eigenvalue weighted by Crippen LogP contribution is -1.84. The molecule has 0 saturated heterocycles. The summed E-state index contributed by atoms with van der Waals surface area (Å²) in [6.07, 6.45) is 0. The molecule has 0 saturated carbocycles. The molecule has 0 unspecified atom stereocenters. The highest BCUT2D eigenvalue weighted by atomic mass is 16.3. The van der Waals surface area contributed by atoms with E-state index in [1.165, 1.54) is 38.6 Å². The second-order valence-electron chi connectivity index (χ2n) is 6.02. The average Bonchev–Trinajstić information content (AvgIpc) is 2.92. The Morgan fingerprint density at radius 3 is 2.27 bits per heavy atom. The van der Waals surface area contributed by atoms with Crippen molar-refractivity contribution in [2.75, 3.05) is 0 Å². The predicted octanol–water partition coefficient (Wildman–Crippen LogP) is 6.18. The Kier molecular flexibility index (Phi) is 2.83. The van der Waals surface area contributed by atoms with Crippen LogP contribution in [0.1, 0.15) is 16.7 Å². The van der Waals surface area contributed by atoms with Crippen LogP contribution < -0.4 is 0 Å². The number of aryl methyl sites for hydroxylation is 3. The van der Waals surface area contributed by atoms with Crippen molar-refractivity contribution >= 4 is 21.9 Å². The van der Waals surface area contributed by atoms with Crippen molar-refractivity contribution in [2.45, 2.75) is 20.8 Å². The molecule has 0 N–H and O–H groups in total. The number of rotatable bonds is 1. The normalized spacial score (nSPS) is 11.4. The van der Waals surface area contributed by atoms with Crippen LogP contribution >= 0.6 is 0 Å². The second kappa shape index (κ2) is 4.74. The van der Waals surface area contributed by atoms with E-state index in [-0.39, 0.29) is 0 Å². The van der Waals surface area contributed by atoms with Crippen LogP contribution in [-0.4, -0.2) is 0 Å². The Balaban J connectivity index is 2.04. The van der Waals surface area contributed by atoms with Gasteiger partial charge in [0.05, 0.1) is 0 Å². The molecule has 0 bridgehead atoms. The Morgan fingerprint density at radius 2 is 1.50 bits per heavy atom. The second-order valence-corrected chi connectivity index (χ2v) is 6.02. The fourth-order valence-corrected chi connectivity index (χ4v) is 3.25. The highest BCUT2D eigenvalue weighted by molar-refractivity contribution is 6.08. The summed E-state index contributed by atoms with van der Waals surface area (Å²) in [5, 5.41) is 2.45. The fraction of sp³-hybridized carbons (Fsp3) is 0.143. The Morgan fingerprint density at radius 1 is 0.727 bits per heavy atom. The Bertz CT molecular complexity index is 991. The zero-order valence-corrected chi connectivity index (χ0v) is 13.1. The molecule has 3 aromatic carbocycles. The van der Waals surface area contributed by atoms with Crippen molar-refractivity contribution in [3.63, 3.8) is 0 Å². The summed E-state index contributed by atoms with van der Waals surface area (Å²) in [5.41, 5.74) is 8.20. The predicted molar refractivity (Wildman–Crippen MR) is 93.4 cm³/mol. The monoisotopic (exact) mass is 286 g/mol. The highest BCUT2D eigenvalue weighted by Crippen LogP contribution is 2.36. The molecule has 0 aliphatic heterocycles. The molecule has 0 fully saturated rings. The van der Waals surface area contributed by atoms with Crippen molar-refractivity contribution in [3.05, 3.63) is 71.3 Å². The van der Waals surface area contributed by atoms with E-state index in [1.807, 2.05) is 6.07 Å². The van der Waals surface area contributed by atoms with Gasteiger partial charge in [-0.2, -0.15) is 0 Å².